The van der Waals surface area contributed by atoms with E-state index in [2.05, 4.69) is 5.32 Å². The van der Waals surface area contributed by atoms with Crippen molar-refractivity contribution in [3.63, 3.8) is 0 Å². The van der Waals surface area contributed by atoms with Gasteiger partial charge < -0.3 is 29.2 Å². The Kier molecular flexibility index (Phi) is 10.2. The highest BCUT2D eigenvalue weighted by molar-refractivity contribution is 7.80. The van der Waals surface area contributed by atoms with Crippen LogP contribution in [0.4, 0.5) is 11.4 Å². The van der Waals surface area contributed by atoms with Gasteiger partial charge >= 0.3 is 5.97 Å². The SMILES string of the molecule is COC(=O)c1ccc(OC)c(NC(=S)CCC2Cc3cc(OCc4ccccc4)ccc3N2C(=O)COc2ccc3ccccc3c2)c1. The second-order valence-electron chi connectivity index (χ2n) is 11.5. The van der Waals surface area contributed by atoms with Crippen LogP contribution in [-0.4, -0.2) is 43.7 Å². The number of nitrogens with one attached hydrogen (secondary N) is 1. The first kappa shape index (κ1) is 32.5. The van der Waals surface area contributed by atoms with Crippen molar-refractivity contribution < 1.29 is 28.5 Å². The molecule has 1 atom stereocenters. The molecule has 5 aromatic carbocycles. The average molecular weight is 661 g/mol. The summed E-state index contributed by atoms with van der Waals surface area (Å²) in [6, 6.07) is 34.5. The topological polar surface area (TPSA) is 86.3 Å². The third-order valence-electron chi connectivity index (χ3n) is 8.33. The first-order valence-corrected chi connectivity index (χ1v) is 16.1. The molecule has 5 aromatic rings. The number of esters is 1. The average Bonchev–Trinajstić information content (AvgIpc) is 3.49. The van der Waals surface area contributed by atoms with Gasteiger partial charge in [0.2, 0.25) is 0 Å². The number of anilines is 2. The van der Waals surface area contributed by atoms with Crippen LogP contribution >= 0.6 is 12.2 Å². The lowest BCUT2D eigenvalue weighted by Gasteiger charge is -2.26. The lowest BCUT2D eigenvalue weighted by Crippen LogP contribution is -2.41. The number of benzene rings is 5. The standard InChI is InChI=1S/C39H36N2O6S/c1-44-36-18-13-29(39(43)45-2)23-34(36)40-37(48)19-14-31-20-30-22-33(46-24-26-8-4-3-5-9-26)16-17-35(30)41(31)38(42)25-47-32-15-12-27-10-6-7-11-28(27)21-32/h3-13,15-18,21-23,31H,14,19-20,24-25H2,1-2H3,(H,40,48). The van der Waals surface area contributed by atoms with Crippen molar-refractivity contribution in [2.45, 2.75) is 31.9 Å². The molecule has 1 heterocycles. The molecular formula is C39H36N2O6S. The molecule has 1 aliphatic heterocycles. The largest absolute Gasteiger partial charge is 0.495 e. The van der Waals surface area contributed by atoms with E-state index in [1.807, 2.05) is 95.9 Å². The van der Waals surface area contributed by atoms with Crippen LogP contribution < -0.4 is 24.4 Å². The number of carbonyl (C=O) groups excluding carboxylic acids is 2. The van der Waals surface area contributed by atoms with Gasteiger partial charge in [0.25, 0.3) is 5.91 Å². The molecular weight excluding hydrogens is 625 g/mol. The summed E-state index contributed by atoms with van der Waals surface area (Å²) < 4.78 is 22.5. The van der Waals surface area contributed by atoms with Crippen molar-refractivity contribution in [2.24, 2.45) is 0 Å². The van der Waals surface area contributed by atoms with E-state index in [9.17, 15) is 9.59 Å². The van der Waals surface area contributed by atoms with E-state index in [0.717, 1.165) is 33.3 Å². The van der Waals surface area contributed by atoms with Crippen molar-refractivity contribution in [2.75, 3.05) is 31.0 Å². The van der Waals surface area contributed by atoms with Gasteiger partial charge in [0, 0.05) is 18.2 Å². The van der Waals surface area contributed by atoms with E-state index in [1.165, 1.54) is 7.11 Å². The van der Waals surface area contributed by atoms with Crippen LogP contribution in [0.15, 0.2) is 109 Å². The first-order chi connectivity index (χ1) is 23.4. The van der Waals surface area contributed by atoms with Gasteiger partial charge in [0.1, 0.15) is 23.9 Å². The molecule has 1 aliphatic rings. The van der Waals surface area contributed by atoms with Crippen LogP contribution in [-0.2, 0) is 22.6 Å². The highest BCUT2D eigenvalue weighted by Crippen LogP contribution is 2.37. The van der Waals surface area contributed by atoms with Crippen LogP contribution in [0.2, 0.25) is 0 Å². The van der Waals surface area contributed by atoms with Crippen LogP contribution in [0.25, 0.3) is 10.8 Å². The second kappa shape index (κ2) is 15.0. The van der Waals surface area contributed by atoms with Crippen LogP contribution in [0.5, 0.6) is 17.2 Å². The van der Waals surface area contributed by atoms with Crippen molar-refractivity contribution in [1.29, 1.82) is 0 Å². The minimum absolute atomic E-state index is 0.110. The maximum Gasteiger partial charge on any atom is 0.337 e. The van der Waals surface area contributed by atoms with Crippen molar-refractivity contribution >= 4 is 51.2 Å². The fraction of sp³-hybridized carbons (Fsp3) is 0.205. The molecule has 8 nitrogen and oxygen atoms in total. The summed E-state index contributed by atoms with van der Waals surface area (Å²) in [4.78, 5) is 28.4. The van der Waals surface area contributed by atoms with E-state index >= 15 is 0 Å². The van der Waals surface area contributed by atoms with Crippen LogP contribution in [0, 0.1) is 0 Å². The minimum Gasteiger partial charge on any atom is -0.495 e. The summed E-state index contributed by atoms with van der Waals surface area (Å²) in [6.07, 6.45) is 1.73. The zero-order valence-corrected chi connectivity index (χ0v) is 27.6. The fourth-order valence-electron chi connectivity index (χ4n) is 5.93. The van der Waals surface area contributed by atoms with E-state index in [1.54, 1.807) is 25.3 Å². The quantitative estimate of drug-likeness (QED) is 0.107. The number of amides is 1. The van der Waals surface area contributed by atoms with Gasteiger partial charge in [-0.1, -0.05) is 72.9 Å². The van der Waals surface area contributed by atoms with Crippen molar-refractivity contribution in [1.82, 2.24) is 0 Å². The van der Waals surface area contributed by atoms with Crippen LogP contribution in [0.1, 0.15) is 34.3 Å². The van der Waals surface area contributed by atoms with Crippen molar-refractivity contribution in [3.05, 3.63) is 126 Å². The smallest absolute Gasteiger partial charge is 0.337 e. The maximum atomic E-state index is 13.9. The molecule has 0 saturated heterocycles. The number of methoxy groups -OCH3 is 2. The normalized spacial score (nSPS) is 13.5. The predicted molar refractivity (Wildman–Crippen MR) is 191 cm³/mol. The lowest BCUT2D eigenvalue weighted by atomic mass is 10.1. The molecule has 0 spiro atoms. The molecule has 244 valence electrons. The number of rotatable bonds is 12. The number of hydrogen-bond donors (Lipinski definition) is 1. The van der Waals surface area contributed by atoms with Gasteiger partial charge in [0.05, 0.1) is 30.5 Å². The Morgan fingerprint density at radius 3 is 2.38 bits per heavy atom. The Morgan fingerprint density at radius 2 is 1.58 bits per heavy atom. The summed E-state index contributed by atoms with van der Waals surface area (Å²) in [5.74, 6) is 1.33. The number of fused-ring (bicyclic) bond motifs is 2. The molecule has 1 amide bonds. The van der Waals surface area contributed by atoms with Gasteiger partial charge in [-0.25, -0.2) is 4.79 Å². The molecule has 0 bridgehead atoms. The Bertz CT molecular complexity index is 1950. The number of carbonyl (C=O) groups is 2. The molecule has 0 radical (unpaired) electrons. The van der Waals surface area contributed by atoms with E-state index < -0.39 is 5.97 Å². The van der Waals surface area contributed by atoms with Crippen molar-refractivity contribution in [3.8, 4) is 17.2 Å². The third kappa shape index (κ3) is 7.58. The number of nitrogens with zero attached hydrogens (tertiary/aromatic N) is 1. The lowest BCUT2D eigenvalue weighted by molar-refractivity contribution is -0.120. The zero-order chi connectivity index (χ0) is 33.5. The highest BCUT2D eigenvalue weighted by Gasteiger charge is 2.34. The van der Waals surface area contributed by atoms with E-state index in [0.29, 0.717) is 53.6 Å². The molecule has 1 N–H and O–H groups in total. The minimum atomic E-state index is -0.456. The third-order valence-corrected chi connectivity index (χ3v) is 8.64. The molecule has 0 saturated carbocycles. The summed E-state index contributed by atoms with van der Waals surface area (Å²) >= 11 is 5.73. The molecule has 48 heavy (non-hydrogen) atoms. The molecule has 9 heteroatoms. The van der Waals surface area contributed by atoms with E-state index in [-0.39, 0.29) is 18.6 Å². The van der Waals surface area contributed by atoms with Gasteiger partial charge in [-0.15, -0.1) is 0 Å². The number of thiocarbonyl (C=S) groups is 1. The molecule has 0 fully saturated rings. The maximum absolute atomic E-state index is 13.9. The summed E-state index contributed by atoms with van der Waals surface area (Å²) in [6.45, 7) is 0.340. The molecule has 6 rings (SSSR count). The summed E-state index contributed by atoms with van der Waals surface area (Å²) in [7, 11) is 2.89. The van der Waals surface area contributed by atoms with Gasteiger partial charge in [-0.05, 0) is 83.3 Å². The Labute approximate surface area is 285 Å². The zero-order valence-electron chi connectivity index (χ0n) is 26.8. The molecule has 0 aliphatic carbocycles. The summed E-state index contributed by atoms with van der Waals surface area (Å²) in [5.41, 5.74) is 3.88. The first-order valence-electron chi connectivity index (χ1n) is 15.7. The Morgan fingerprint density at radius 1 is 0.833 bits per heavy atom. The number of hydrogen-bond acceptors (Lipinski definition) is 7. The summed E-state index contributed by atoms with van der Waals surface area (Å²) in [5, 5.41) is 5.37. The number of ether oxygens (including phenoxy) is 4. The van der Waals surface area contributed by atoms with Gasteiger partial charge in [-0.2, -0.15) is 0 Å². The Hall–Kier alpha value is -5.41. The highest BCUT2D eigenvalue weighted by atomic mass is 32.1. The monoisotopic (exact) mass is 660 g/mol. The molecule has 0 aromatic heterocycles. The Balaban J connectivity index is 1.17. The fourth-order valence-corrected chi connectivity index (χ4v) is 6.16. The van der Waals surface area contributed by atoms with Crippen LogP contribution in [0.3, 0.4) is 0 Å². The van der Waals surface area contributed by atoms with Gasteiger partial charge in [-0.3, -0.25) is 4.79 Å². The predicted octanol–water partition coefficient (Wildman–Crippen LogP) is 7.77. The second-order valence-corrected chi connectivity index (χ2v) is 12.0. The van der Waals surface area contributed by atoms with E-state index in [4.69, 9.17) is 31.2 Å². The van der Waals surface area contributed by atoms with Gasteiger partial charge in [0.15, 0.2) is 6.61 Å². The molecule has 1 unspecified atom stereocenters.